The molecule has 7 aromatic rings. The Balaban J connectivity index is 1.35. The van der Waals surface area contributed by atoms with E-state index in [0.29, 0.717) is 0 Å². The molecule has 326 valence electrons. The molecule has 2 aliphatic heterocycles. The molecule has 0 atom stereocenters. The lowest BCUT2D eigenvalue weighted by Crippen LogP contribution is -2.60. The van der Waals surface area contributed by atoms with E-state index in [9.17, 15) is 0 Å². The molecule has 1 aliphatic carbocycles. The lowest BCUT2D eigenvalue weighted by Gasteiger charge is -2.46. The fourth-order valence-corrected chi connectivity index (χ4v) is 12.4. The Morgan fingerprint density at radius 3 is 1.72 bits per heavy atom. The van der Waals surface area contributed by atoms with Gasteiger partial charge in [0.1, 0.15) is 0 Å². The summed E-state index contributed by atoms with van der Waals surface area (Å²) in [6, 6.07) is 43.5. The minimum absolute atomic E-state index is 0.0237. The van der Waals surface area contributed by atoms with Crippen LogP contribution in [0.5, 0.6) is 0 Å². The van der Waals surface area contributed by atoms with Crippen LogP contribution in [0.3, 0.4) is 0 Å². The summed E-state index contributed by atoms with van der Waals surface area (Å²) in [5.74, 6) is 0. The van der Waals surface area contributed by atoms with Gasteiger partial charge in [0.2, 0.25) is 0 Å². The highest BCUT2D eigenvalue weighted by Crippen LogP contribution is 2.54. The van der Waals surface area contributed by atoms with Gasteiger partial charge in [-0.05, 0) is 158 Å². The van der Waals surface area contributed by atoms with Crippen LogP contribution in [-0.2, 0) is 27.1 Å². The first-order valence-corrected chi connectivity index (χ1v) is 24.6. The van der Waals surface area contributed by atoms with Gasteiger partial charge in [0.15, 0.2) is 0 Å². The zero-order valence-corrected chi connectivity index (χ0v) is 42.0. The minimum Gasteiger partial charge on any atom is -0.311 e. The molecule has 2 nitrogen and oxygen atoms in total. The van der Waals surface area contributed by atoms with Gasteiger partial charge in [-0.2, -0.15) is 0 Å². The average molecular weight is 859 g/mol. The summed E-state index contributed by atoms with van der Waals surface area (Å²) in [4.78, 5) is 5.33. The predicted molar refractivity (Wildman–Crippen MR) is 282 cm³/mol. The number of benzene rings is 6. The standard InChI is InChI=1S/C60H67BN2S/c1-36-30-50-53-51(31-36)63(49-35-46-45(59(12,13)28-29-60(46,14)15)34-44(49)42-19-17-16-18-37(42)2)48-27-23-39(57(6,7)8)32-47(48)61(53)55-54(43-26-22-40(58(9,10)11)33-52(43)64-55)62(50)41-24-20-38(21-25-41)56(3,4)5/h16-27,30-35H,28-29H2,1-15H3. The number of thiophene rings is 1. The molecule has 0 amide bonds. The second-order valence-corrected chi connectivity index (χ2v) is 25.0. The second kappa shape index (κ2) is 14.2. The summed E-state index contributed by atoms with van der Waals surface area (Å²) in [5, 5.41) is 1.33. The van der Waals surface area contributed by atoms with Crippen LogP contribution < -0.4 is 25.5 Å². The van der Waals surface area contributed by atoms with Crippen LogP contribution in [0.15, 0.2) is 109 Å². The second-order valence-electron chi connectivity index (χ2n) is 23.9. The third kappa shape index (κ3) is 6.71. The molecule has 3 heterocycles. The Morgan fingerprint density at radius 2 is 1.09 bits per heavy atom. The monoisotopic (exact) mass is 859 g/mol. The first kappa shape index (κ1) is 42.9. The van der Waals surface area contributed by atoms with E-state index in [1.54, 1.807) is 0 Å². The molecule has 0 spiro atoms. The van der Waals surface area contributed by atoms with Crippen molar-refractivity contribution in [1.29, 1.82) is 0 Å². The zero-order chi connectivity index (χ0) is 45.6. The molecule has 0 unspecified atom stereocenters. The summed E-state index contributed by atoms with van der Waals surface area (Å²) in [6.45, 7) is 35.6. The molecule has 0 bridgehead atoms. The SMILES string of the molecule is Cc1cc2c3c(c1)N(c1ccc(C(C)(C)C)cc1)c1c(sc4cc(C(C)(C)C)ccc14)B3c1cc(C(C)(C)C)ccc1N2c1cc2c(cc1-c1ccccc1C)C(C)(C)CCC2(C)C. The van der Waals surface area contributed by atoms with Gasteiger partial charge in [-0.25, -0.2) is 0 Å². The van der Waals surface area contributed by atoms with Crippen LogP contribution in [0.4, 0.5) is 34.1 Å². The number of hydrogen-bond acceptors (Lipinski definition) is 3. The topological polar surface area (TPSA) is 6.48 Å². The molecular weight excluding hydrogens is 792 g/mol. The third-order valence-electron chi connectivity index (χ3n) is 15.2. The summed E-state index contributed by atoms with van der Waals surface area (Å²) in [7, 11) is 0. The molecule has 10 rings (SSSR count). The molecule has 1 aromatic heterocycles. The van der Waals surface area contributed by atoms with E-state index in [1.165, 1.54) is 116 Å². The highest BCUT2D eigenvalue weighted by Gasteiger charge is 2.47. The Labute approximate surface area is 388 Å². The maximum atomic E-state index is 2.70. The molecule has 64 heavy (non-hydrogen) atoms. The largest absolute Gasteiger partial charge is 0.311 e. The lowest BCUT2D eigenvalue weighted by molar-refractivity contribution is 0.332. The maximum absolute atomic E-state index is 2.70. The van der Waals surface area contributed by atoms with Crippen LogP contribution in [0.1, 0.15) is 142 Å². The van der Waals surface area contributed by atoms with Gasteiger partial charge in [0, 0.05) is 43.2 Å². The number of fused-ring (bicyclic) bond motifs is 7. The number of anilines is 6. The van der Waals surface area contributed by atoms with Crippen LogP contribution in [0, 0.1) is 13.8 Å². The van der Waals surface area contributed by atoms with Crippen molar-refractivity contribution in [2.24, 2.45) is 0 Å². The summed E-state index contributed by atoms with van der Waals surface area (Å²) < 4.78 is 2.79. The van der Waals surface area contributed by atoms with Crippen LogP contribution in [-0.4, -0.2) is 6.71 Å². The molecule has 3 aliphatic rings. The zero-order valence-electron chi connectivity index (χ0n) is 41.2. The lowest BCUT2D eigenvalue weighted by atomic mass is 9.36. The van der Waals surface area contributed by atoms with Gasteiger partial charge in [-0.1, -0.05) is 151 Å². The van der Waals surface area contributed by atoms with Crippen molar-refractivity contribution in [3.05, 3.63) is 148 Å². The van der Waals surface area contributed by atoms with E-state index in [0.717, 1.165) is 6.42 Å². The molecule has 4 heteroatoms. The van der Waals surface area contributed by atoms with Crippen LogP contribution in [0.2, 0.25) is 0 Å². The number of hydrogen-bond donors (Lipinski definition) is 0. The van der Waals surface area contributed by atoms with Crippen LogP contribution >= 0.6 is 11.3 Å². The van der Waals surface area contributed by atoms with Crippen molar-refractivity contribution in [2.45, 2.75) is 144 Å². The first-order valence-electron chi connectivity index (χ1n) is 23.8. The van der Waals surface area contributed by atoms with E-state index in [1.807, 2.05) is 11.3 Å². The van der Waals surface area contributed by atoms with Crippen molar-refractivity contribution >= 4 is 78.0 Å². The fraction of sp³-hybridized carbons (Fsp3) is 0.367. The highest BCUT2D eigenvalue weighted by molar-refractivity contribution is 7.33. The molecular formula is C60H67BN2S. The number of aryl methyl sites for hydroxylation is 2. The Morgan fingerprint density at radius 1 is 0.531 bits per heavy atom. The Hall–Kier alpha value is -5.06. The van der Waals surface area contributed by atoms with Crippen LogP contribution in [0.25, 0.3) is 21.2 Å². The van der Waals surface area contributed by atoms with Gasteiger partial charge in [0.25, 0.3) is 6.71 Å². The molecule has 0 N–H and O–H groups in total. The minimum atomic E-state index is -0.0237. The number of rotatable bonds is 3. The highest BCUT2D eigenvalue weighted by atomic mass is 32.1. The fourth-order valence-electron chi connectivity index (χ4n) is 11.1. The summed E-state index contributed by atoms with van der Waals surface area (Å²) in [6.07, 6.45) is 2.34. The van der Waals surface area contributed by atoms with E-state index >= 15 is 0 Å². The molecule has 0 saturated heterocycles. The van der Waals surface area contributed by atoms with E-state index in [2.05, 4.69) is 223 Å². The Kier molecular flexibility index (Phi) is 9.53. The third-order valence-corrected chi connectivity index (χ3v) is 16.4. The van der Waals surface area contributed by atoms with Gasteiger partial charge in [-0.3, -0.25) is 0 Å². The van der Waals surface area contributed by atoms with E-state index < -0.39 is 0 Å². The first-order chi connectivity index (χ1) is 29.9. The summed E-state index contributed by atoms with van der Waals surface area (Å²) >= 11 is 2.01. The molecule has 6 aromatic carbocycles. The quantitative estimate of drug-likeness (QED) is 0.163. The van der Waals surface area contributed by atoms with Gasteiger partial charge < -0.3 is 9.80 Å². The van der Waals surface area contributed by atoms with Gasteiger partial charge in [-0.15, -0.1) is 11.3 Å². The average Bonchev–Trinajstić information content (AvgIpc) is 3.60. The van der Waals surface area contributed by atoms with Crippen molar-refractivity contribution in [3.63, 3.8) is 0 Å². The van der Waals surface area contributed by atoms with Crippen molar-refractivity contribution < 1.29 is 0 Å². The van der Waals surface area contributed by atoms with Crippen molar-refractivity contribution in [2.75, 3.05) is 9.80 Å². The van der Waals surface area contributed by atoms with Gasteiger partial charge >= 0.3 is 0 Å². The smallest absolute Gasteiger partial charge is 0.264 e. The predicted octanol–water partition coefficient (Wildman–Crippen LogP) is 15.5. The molecule has 0 fully saturated rings. The van der Waals surface area contributed by atoms with Crippen molar-refractivity contribution in [3.8, 4) is 11.1 Å². The van der Waals surface area contributed by atoms with Crippen molar-refractivity contribution in [1.82, 2.24) is 0 Å². The normalized spacial score (nSPS) is 16.4. The van der Waals surface area contributed by atoms with E-state index in [-0.39, 0.29) is 33.8 Å². The van der Waals surface area contributed by atoms with Gasteiger partial charge in [0.05, 0.1) is 11.4 Å². The van der Waals surface area contributed by atoms with E-state index in [4.69, 9.17) is 0 Å². The summed E-state index contributed by atoms with van der Waals surface area (Å²) in [5.41, 5.74) is 22.9. The molecule has 0 radical (unpaired) electrons. The number of nitrogens with zero attached hydrogens (tertiary/aromatic N) is 2. The molecule has 0 saturated carbocycles. The Bertz CT molecular complexity index is 3030. The maximum Gasteiger partial charge on any atom is 0.264 e.